The van der Waals surface area contributed by atoms with E-state index in [2.05, 4.69) is 31.9 Å². The summed E-state index contributed by atoms with van der Waals surface area (Å²) in [5, 5.41) is 0. The number of hydrogen-bond acceptors (Lipinski definition) is 1. The molecule has 0 aliphatic rings. The molecule has 0 bridgehead atoms. The van der Waals surface area contributed by atoms with E-state index in [4.69, 9.17) is 13.6 Å². The van der Waals surface area contributed by atoms with Crippen molar-refractivity contribution < 1.29 is 0 Å². The van der Waals surface area contributed by atoms with Crippen LogP contribution >= 0.6 is 31.9 Å². The first-order valence-electron chi connectivity index (χ1n) is 2.61. The molecule has 0 unspecified atom stereocenters. The third-order valence-electron chi connectivity index (χ3n) is 1.13. The molecule has 2 N–H and O–H groups in total. The van der Waals surface area contributed by atoms with Crippen LogP contribution in [-0.4, -0.2) is 7.85 Å². The van der Waals surface area contributed by atoms with Crippen molar-refractivity contribution in [1.82, 2.24) is 0 Å². The van der Waals surface area contributed by atoms with Gasteiger partial charge in [-0.1, -0.05) is 27.5 Å². The van der Waals surface area contributed by atoms with Gasteiger partial charge in [-0.3, -0.25) is 0 Å². The Labute approximate surface area is 77.7 Å². The zero-order valence-corrected chi connectivity index (χ0v) is 8.24. The van der Waals surface area contributed by atoms with Crippen LogP contribution < -0.4 is 11.2 Å². The molecule has 0 aliphatic heterocycles. The lowest BCUT2D eigenvalue weighted by atomic mass is 9.95. The standard InChI is InChI=1S/C6H4BBr2N/c7-4-1-3(8)2-5(9)6(4)10/h1-2H,10H2. The minimum absolute atomic E-state index is 0.584. The normalized spacial score (nSPS) is 9.80. The molecule has 1 nitrogen and oxygen atoms in total. The lowest BCUT2D eigenvalue weighted by Crippen LogP contribution is -2.09. The number of halogens is 2. The second-order valence-corrected chi connectivity index (χ2v) is 3.66. The van der Waals surface area contributed by atoms with Gasteiger partial charge in [-0.2, -0.15) is 0 Å². The van der Waals surface area contributed by atoms with E-state index in [0.717, 1.165) is 8.95 Å². The summed E-state index contributed by atoms with van der Waals surface area (Å²) in [6.07, 6.45) is 0. The van der Waals surface area contributed by atoms with Crippen molar-refractivity contribution in [3.8, 4) is 0 Å². The first kappa shape index (κ1) is 8.14. The molecule has 1 rings (SSSR count). The van der Waals surface area contributed by atoms with Crippen LogP contribution in [0.4, 0.5) is 5.69 Å². The molecule has 0 spiro atoms. The summed E-state index contributed by atoms with van der Waals surface area (Å²) in [5.74, 6) is 0. The van der Waals surface area contributed by atoms with Crippen molar-refractivity contribution >= 4 is 50.9 Å². The predicted octanol–water partition coefficient (Wildman–Crippen LogP) is 1.59. The van der Waals surface area contributed by atoms with Crippen LogP contribution in [0.1, 0.15) is 0 Å². The first-order valence-corrected chi connectivity index (χ1v) is 4.20. The van der Waals surface area contributed by atoms with Gasteiger partial charge in [0.1, 0.15) is 7.85 Å². The molecule has 0 aliphatic carbocycles. The summed E-state index contributed by atoms with van der Waals surface area (Å²) < 4.78 is 1.74. The molecule has 2 radical (unpaired) electrons. The fourth-order valence-corrected chi connectivity index (χ4v) is 1.86. The molecule has 0 atom stereocenters. The van der Waals surface area contributed by atoms with Crippen LogP contribution in [0.2, 0.25) is 0 Å². The number of nitrogen functional groups attached to an aromatic ring is 1. The fourth-order valence-electron chi connectivity index (χ4n) is 0.605. The van der Waals surface area contributed by atoms with Crippen LogP contribution in [0.15, 0.2) is 21.1 Å². The van der Waals surface area contributed by atoms with E-state index in [1.165, 1.54) is 0 Å². The van der Waals surface area contributed by atoms with Gasteiger partial charge in [-0.25, -0.2) is 0 Å². The maximum absolute atomic E-state index is 5.56. The number of anilines is 1. The van der Waals surface area contributed by atoms with Crippen molar-refractivity contribution in [2.75, 3.05) is 5.73 Å². The summed E-state index contributed by atoms with van der Waals surface area (Å²) in [7, 11) is 5.54. The van der Waals surface area contributed by atoms with Gasteiger partial charge < -0.3 is 5.73 Å². The van der Waals surface area contributed by atoms with E-state index in [9.17, 15) is 0 Å². The zero-order chi connectivity index (χ0) is 7.72. The van der Waals surface area contributed by atoms with Gasteiger partial charge in [0.15, 0.2) is 0 Å². The predicted molar refractivity (Wildman–Crippen MR) is 51.6 cm³/mol. The molecule has 1 aromatic carbocycles. The van der Waals surface area contributed by atoms with Crippen LogP contribution in [0.25, 0.3) is 0 Å². The van der Waals surface area contributed by atoms with Crippen molar-refractivity contribution in [2.24, 2.45) is 0 Å². The third-order valence-corrected chi connectivity index (χ3v) is 2.24. The lowest BCUT2D eigenvalue weighted by Gasteiger charge is -2.02. The van der Waals surface area contributed by atoms with E-state index in [1.807, 2.05) is 6.07 Å². The summed E-state index contributed by atoms with van der Waals surface area (Å²) in [6.45, 7) is 0. The Morgan fingerprint density at radius 2 is 1.90 bits per heavy atom. The van der Waals surface area contributed by atoms with Crippen molar-refractivity contribution in [3.05, 3.63) is 21.1 Å². The maximum atomic E-state index is 5.56. The smallest absolute Gasteiger partial charge is 0.116 e. The number of nitrogens with two attached hydrogens (primary N) is 1. The Hall–Kier alpha value is 0.0449. The van der Waals surface area contributed by atoms with Gasteiger partial charge in [-0.05, 0) is 22.0 Å². The van der Waals surface area contributed by atoms with Gasteiger partial charge in [0, 0.05) is 14.6 Å². The highest BCUT2D eigenvalue weighted by atomic mass is 79.9. The van der Waals surface area contributed by atoms with Crippen LogP contribution in [0.3, 0.4) is 0 Å². The van der Waals surface area contributed by atoms with E-state index >= 15 is 0 Å². The number of hydrogen-bond donors (Lipinski definition) is 1. The van der Waals surface area contributed by atoms with E-state index < -0.39 is 0 Å². The quantitative estimate of drug-likeness (QED) is 0.556. The summed E-state index contributed by atoms with van der Waals surface area (Å²) in [6, 6.07) is 3.62. The molecule has 0 aromatic heterocycles. The number of rotatable bonds is 0. The van der Waals surface area contributed by atoms with Gasteiger partial charge in [-0.15, -0.1) is 0 Å². The highest BCUT2D eigenvalue weighted by molar-refractivity contribution is 9.11. The Balaban J connectivity index is 3.31. The Morgan fingerprint density at radius 3 is 2.40 bits per heavy atom. The van der Waals surface area contributed by atoms with Crippen LogP contribution in [0, 0.1) is 0 Å². The largest absolute Gasteiger partial charge is 0.398 e. The molecule has 10 heavy (non-hydrogen) atoms. The summed E-state index contributed by atoms with van der Waals surface area (Å²) in [5.41, 5.74) is 6.73. The molecular weight excluding hydrogens is 257 g/mol. The Kier molecular flexibility index (Phi) is 2.42. The monoisotopic (exact) mass is 259 g/mol. The second kappa shape index (κ2) is 2.97. The molecule has 0 saturated carbocycles. The minimum atomic E-state index is 0.584. The van der Waals surface area contributed by atoms with Gasteiger partial charge >= 0.3 is 0 Å². The lowest BCUT2D eigenvalue weighted by molar-refractivity contribution is 1.63. The second-order valence-electron chi connectivity index (χ2n) is 1.89. The van der Waals surface area contributed by atoms with Crippen molar-refractivity contribution in [2.45, 2.75) is 0 Å². The molecule has 0 fully saturated rings. The van der Waals surface area contributed by atoms with Crippen molar-refractivity contribution in [3.63, 3.8) is 0 Å². The molecule has 4 heteroatoms. The van der Waals surface area contributed by atoms with E-state index in [1.54, 1.807) is 6.07 Å². The van der Waals surface area contributed by atoms with Crippen LogP contribution in [0.5, 0.6) is 0 Å². The Bertz CT molecular complexity index is 239. The average Bonchev–Trinajstić information content (AvgIpc) is 1.82. The van der Waals surface area contributed by atoms with Gasteiger partial charge in [0.25, 0.3) is 0 Å². The molecule has 0 saturated heterocycles. The van der Waals surface area contributed by atoms with E-state index in [-0.39, 0.29) is 0 Å². The third kappa shape index (κ3) is 1.55. The molecule has 50 valence electrons. The maximum Gasteiger partial charge on any atom is 0.116 e. The summed E-state index contributed by atoms with van der Waals surface area (Å²) in [4.78, 5) is 0. The Morgan fingerprint density at radius 1 is 1.30 bits per heavy atom. The highest BCUT2D eigenvalue weighted by Gasteiger charge is 1.98. The SMILES string of the molecule is [B]c1cc(Br)cc(Br)c1N. The fraction of sp³-hybridized carbons (Fsp3) is 0. The minimum Gasteiger partial charge on any atom is -0.398 e. The van der Waals surface area contributed by atoms with Crippen molar-refractivity contribution in [1.29, 1.82) is 0 Å². The molecule has 0 amide bonds. The number of benzene rings is 1. The average molecular weight is 261 g/mol. The van der Waals surface area contributed by atoms with Gasteiger partial charge in [0.05, 0.1) is 0 Å². The zero-order valence-electron chi connectivity index (χ0n) is 5.07. The topological polar surface area (TPSA) is 26.0 Å². The van der Waals surface area contributed by atoms with Crippen LogP contribution in [-0.2, 0) is 0 Å². The van der Waals surface area contributed by atoms with Gasteiger partial charge in [0.2, 0.25) is 0 Å². The molecular formula is C6H4BBr2N. The summed E-state index contributed by atoms with van der Waals surface area (Å²) >= 11 is 6.54. The highest BCUT2D eigenvalue weighted by Crippen LogP contribution is 2.21. The first-order chi connectivity index (χ1) is 4.61. The molecule has 1 aromatic rings. The molecule has 0 heterocycles. The van der Waals surface area contributed by atoms with E-state index in [0.29, 0.717) is 11.2 Å².